The van der Waals surface area contributed by atoms with Gasteiger partial charge in [-0.2, -0.15) is 0 Å². The van der Waals surface area contributed by atoms with Crippen molar-refractivity contribution in [1.29, 1.82) is 0 Å². The van der Waals surface area contributed by atoms with E-state index in [1.165, 1.54) is 38.5 Å². The van der Waals surface area contributed by atoms with Crippen molar-refractivity contribution in [2.45, 2.75) is 187 Å². The maximum absolute atomic E-state index is 12.8. The minimum atomic E-state index is -0.884. The second-order valence-corrected chi connectivity index (χ2v) is 17.0. The maximum Gasteiger partial charge on any atom is 0.362 e. The van der Waals surface area contributed by atoms with E-state index in [9.17, 15) is 19.5 Å². The fraction of sp³-hybridized carbons (Fsp3) is 0.648. The van der Waals surface area contributed by atoms with E-state index in [0.29, 0.717) is 19.3 Å². The first kappa shape index (κ1) is 58.2. The maximum atomic E-state index is 12.8. The zero-order chi connectivity index (χ0) is 45.6. The summed E-state index contributed by atoms with van der Waals surface area (Å²) in [4.78, 5) is 37.1. The summed E-state index contributed by atoms with van der Waals surface area (Å²) >= 11 is 0. The molecule has 0 aromatic rings. The van der Waals surface area contributed by atoms with Gasteiger partial charge in [-0.25, -0.2) is 4.79 Å². The Bertz CT molecular complexity index is 1330. The fourth-order valence-electron chi connectivity index (χ4n) is 6.54. The van der Waals surface area contributed by atoms with Crippen molar-refractivity contribution in [3.05, 3.63) is 97.2 Å². The Labute approximate surface area is 379 Å². The van der Waals surface area contributed by atoms with Gasteiger partial charge in [0.25, 0.3) is 0 Å². The van der Waals surface area contributed by atoms with Gasteiger partial charge < -0.3 is 23.8 Å². The quantitative estimate of drug-likeness (QED) is 0.0282. The average molecular weight is 865 g/mol. The van der Waals surface area contributed by atoms with Crippen LogP contribution in [0.4, 0.5) is 0 Å². The molecule has 8 nitrogen and oxygen atoms in total. The fourth-order valence-corrected chi connectivity index (χ4v) is 6.54. The minimum absolute atomic E-state index is 0.0425. The van der Waals surface area contributed by atoms with Gasteiger partial charge in [-0.3, -0.25) is 9.59 Å². The number of hydrogen-bond donors (Lipinski definition) is 1. The molecule has 8 heteroatoms. The number of esters is 2. The highest BCUT2D eigenvalue weighted by atomic mass is 16.6. The molecule has 0 aromatic carbocycles. The van der Waals surface area contributed by atoms with E-state index in [-0.39, 0.29) is 36.2 Å². The number of ether oxygens (including phenoxy) is 3. The molecule has 0 aliphatic carbocycles. The van der Waals surface area contributed by atoms with Crippen LogP contribution in [0.3, 0.4) is 0 Å². The minimum Gasteiger partial charge on any atom is -0.477 e. The lowest BCUT2D eigenvalue weighted by Gasteiger charge is -2.31. The Morgan fingerprint density at radius 2 is 0.855 bits per heavy atom. The molecule has 352 valence electrons. The van der Waals surface area contributed by atoms with Gasteiger partial charge in [0, 0.05) is 19.3 Å². The predicted octanol–water partition coefficient (Wildman–Crippen LogP) is 13.9. The molecule has 0 saturated heterocycles. The number of carboxylic acid groups (broad SMARTS) is 1. The van der Waals surface area contributed by atoms with E-state index in [1.807, 2.05) is 21.1 Å². The lowest BCUT2D eigenvalue weighted by atomic mass is 10.1. The molecule has 0 bridgehead atoms. The molecule has 62 heavy (non-hydrogen) atoms. The van der Waals surface area contributed by atoms with Crippen LogP contribution in [0.15, 0.2) is 97.2 Å². The summed E-state index contributed by atoms with van der Waals surface area (Å²) in [6.07, 6.45) is 58.8. The van der Waals surface area contributed by atoms with Crippen LogP contribution >= 0.6 is 0 Å². The number of hydrogen-bond acceptors (Lipinski definition) is 6. The number of allylic oxidation sites excluding steroid dienone is 16. The molecule has 0 spiro atoms. The first-order valence-electron chi connectivity index (χ1n) is 24.3. The zero-order valence-corrected chi connectivity index (χ0v) is 40.0. The Morgan fingerprint density at radius 3 is 1.27 bits per heavy atom. The number of rotatable bonds is 42. The molecular weight excluding hydrogens is 775 g/mol. The van der Waals surface area contributed by atoms with Crippen LogP contribution in [0.2, 0.25) is 0 Å². The molecule has 2 unspecified atom stereocenters. The molecule has 0 fully saturated rings. The van der Waals surface area contributed by atoms with E-state index < -0.39 is 18.1 Å². The number of carboxylic acids is 1. The number of likely N-dealkylation sites (N-methyl/N-ethyl adjacent to an activating group) is 1. The second kappa shape index (κ2) is 43.9. The number of carbonyl (C=O) groups is 3. The van der Waals surface area contributed by atoms with Gasteiger partial charge in [0.2, 0.25) is 0 Å². The molecule has 0 saturated carbocycles. The van der Waals surface area contributed by atoms with Crippen molar-refractivity contribution in [1.82, 2.24) is 0 Å². The number of carbonyl (C=O) groups excluding carboxylic acids is 2. The molecule has 2 atom stereocenters. The summed E-state index contributed by atoms with van der Waals surface area (Å²) in [5.74, 6) is -1.53. The zero-order valence-electron chi connectivity index (χ0n) is 40.0. The van der Waals surface area contributed by atoms with Gasteiger partial charge in [-0.15, -0.1) is 0 Å². The van der Waals surface area contributed by atoms with Crippen LogP contribution in [0, 0.1) is 0 Å². The summed E-state index contributed by atoms with van der Waals surface area (Å²) in [7, 11) is 5.51. The average Bonchev–Trinajstić information content (AvgIpc) is 3.23. The Hall–Kier alpha value is -3.75. The molecular formula is C54H90NO7+. The number of unbranched alkanes of at least 4 members (excludes halogenated alkanes) is 12. The first-order valence-corrected chi connectivity index (χ1v) is 24.3. The molecule has 0 radical (unpaired) electrons. The topological polar surface area (TPSA) is 99.1 Å². The predicted molar refractivity (Wildman–Crippen MR) is 261 cm³/mol. The van der Waals surface area contributed by atoms with Crippen LogP contribution in [0.1, 0.15) is 174 Å². The Balaban J connectivity index is 4.34. The molecule has 0 amide bonds. The van der Waals surface area contributed by atoms with Crippen LogP contribution < -0.4 is 0 Å². The molecule has 0 aliphatic heterocycles. The Kier molecular flexibility index (Phi) is 41.2. The third-order valence-corrected chi connectivity index (χ3v) is 10.2. The van der Waals surface area contributed by atoms with E-state index >= 15 is 0 Å². The van der Waals surface area contributed by atoms with Crippen molar-refractivity contribution in [3.8, 4) is 0 Å². The number of nitrogens with zero attached hydrogens (tertiary/aromatic N) is 1. The first-order chi connectivity index (χ1) is 30.1. The Morgan fingerprint density at radius 1 is 0.484 bits per heavy atom. The van der Waals surface area contributed by atoms with E-state index in [4.69, 9.17) is 14.2 Å². The monoisotopic (exact) mass is 865 g/mol. The lowest BCUT2D eigenvalue weighted by molar-refractivity contribution is -0.887. The number of quaternary nitrogens is 1. The normalized spacial score (nSPS) is 13.8. The third-order valence-electron chi connectivity index (χ3n) is 10.2. The van der Waals surface area contributed by atoms with Gasteiger partial charge in [-0.05, 0) is 89.9 Å². The van der Waals surface area contributed by atoms with Crippen LogP contribution in [-0.2, 0) is 28.6 Å². The summed E-state index contributed by atoms with van der Waals surface area (Å²) in [5, 5.41) is 9.64. The summed E-state index contributed by atoms with van der Waals surface area (Å²) in [6.45, 7) is 4.46. The highest BCUT2D eigenvalue weighted by Crippen LogP contribution is 2.14. The molecule has 0 rings (SSSR count). The summed E-state index contributed by atoms with van der Waals surface area (Å²) in [5.41, 5.74) is 0. The van der Waals surface area contributed by atoms with Crippen LogP contribution in [0.25, 0.3) is 0 Å². The molecule has 0 heterocycles. The van der Waals surface area contributed by atoms with Gasteiger partial charge in [0.05, 0.1) is 34.4 Å². The lowest BCUT2D eigenvalue weighted by Crippen LogP contribution is -2.50. The molecule has 0 aliphatic rings. The highest BCUT2D eigenvalue weighted by molar-refractivity contribution is 5.72. The van der Waals surface area contributed by atoms with Gasteiger partial charge in [0.1, 0.15) is 6.61 Å². The third kappa shape index (κ3) is 41.6. The number of aliphatic carboxylic acids is 1. The summed E-state index contributed by atoms with van der Waals surface area (Å²) < 4.78 is 17.3. The summed E-state index contributed by atoms with van der Waals surface area (Å²) in [6, 6.07) is -0.627. The van der Waals surface area contributed by atoms with Gasteiger partial charge in [0.15, 0.2) is 12.1 Å². The smallest absolute Gasteiger partial charge is 0.362 e. The van der Waals surface area contributed by atoms with E-state index in [0.717, 1.165) is 103 Å². The van der Waals surface area contributed by atoms with E-state index in [1.54, 1.807) is 0 Å². The van der Waals surface area contributed by atoms with Gasteiger partial charge in [-0.1, -0.05) is 162 Å². The largest absolute Gasteiger partial charge is 0.477 e. The van der Waals surface area contributed by atoms with E-state index in [2.05, 4.69) is 111 Å². The van der Waals surface area contributed by atoms with Crippen molar-refractivity contribution in [2.24, 2.45) is 0 Å². The van der Waals surface area contributed by atoms with Crippen LogP contribution in [-0.4, -0.2) is 80.6 Å². The second-order valence-electron chi connectivity index (χ2n) is 17.0. The van der Waals surface area contributed by atoms with Crippen LogP contribution in [0.5, 0.6) is 0 Å². The standard InChI is InChI=1S/C54H89NO7/c1-6-8-10-12-14-16-18-20-22-24-25-26-27-28-29-31-33-35-37-39-41-43-45-53(57)62-50(48-60-47-46-51(54(58)59)55(3,4)5)49-61-52(56)44-42-40-38-36-34-32-30-23-21-19-17-15-13-11-9-7-2/h8-11,14-17,20-23,25-26,32,34,50-51H,6-7,12-13,18-19,24,27-31,33,35-49H2,1-5H3/p+1/b10-8+,11-9+,16-14+,17-15+,22-20+,23-21+,26-25+,34-32+. The van der Waals surface area contributed by atoms with Crippen molar-refractivity contribution < 1.29 is 38.2 Å². The molecule has 1 N–H and O–H groups in total. The van der Waals surface area contributed by atoms with Crippen molar-refractivity contribution in [3.63, 3.8) is 0 Å². The molecule has 0 aromatic heterocycles. The SMILES string of the molecule is CC/C=C/C/C=C/C/C=C/C/C=C/CCCCCCCCCCCC(=O)OC(COCCC(C(=O)O)[N+](C)(C)C)COC(=O)CCCCC/C=C/C/C=C/C/C=C/C/C=C/CC. The van der Waals surface area contributed by atoms with Crippen molar-refractivity contribution >= 4 is 17.9 Å². The highest BCUT2D eigenvalue weighted by Gasteiger charge is 2.31. The van der Waals surface area contributed by atoms with Crippen molar-refractivity contribution in [2.75, 3.05) is 41.0 Å². The van der Waals surface area contributed by atoms with Gasteiger partial charge >= 0.3 is 17.9 Å².